The summed E-state index contributed by atoms with van der Waals surface area (Å²) in [4.78, 5) is 13.8. The lowest BCUT2D eigenvalue weighted by atomic mass is 10.3. The lowest BCUT2D eigenvalue weighted by Gasteiger charge is -2.20. The zero-order valence-electron chi connectivity index (χ0n) is 9.69. The van der Waals surface area contributed by atoms with Crippen molar-refractivity contribution < 1.29 is 4.79 Å². The Labute approximate surface area is 89.9 Å². The van der Waals surface area contributed by atoms with E-state index < -0.39 is 0 Å². The maximum absolute atomic E-state index is 11.9. The van der Waals surface area contributed by atoms with Crippen LogP contribution in [-0.2, 0) is 6.54 Å². The minimum atomic E-state index is 0.0689. The lowest BCUT2D eigenvalue weighted by Crippen LogP contribution is -2.31. The predicted octanol–water partition coefficient (Wildman–Crippen LogP) is 1.83. The van der Waals surface area contributed by atoms with Crippen molar-refractivity contribution in [1.29, 1.82) is 0 Å². The van der Waals surface area contributed by atoms with Crippen molar-refractivity contribution in [3.05, 3.63) is 17.5 Å². The van der Waals surface area contributed by atoms with Crippen LogP contribution in [0.3, 0.4) is 0 Å². The largest absolute Gasteiger partial charge is 0.330 e. The maximum atomic E-state index is 11.9. The number of amides is 1. The molecule has 0 aromatic carbocycles. The van der Waals surface area contributed by atoms with Crippen LogP contribution in [0, 0.1) is 0 Å². The van der Waals surface area contributed by atoms with Gasteiger partial charge in [-0.25, -0.2) is 0 Å². The third kappa shape index (κ3) is 1.54. The molecule has 0 radical (unpaired) electrons. The SMILES string of the molecule is CC(C)N1Cc2cn(C(C)C)nc2C1=O. The lowest BCUT2D eigenvalue weighted by molar-refractivity contribution is 0.0722. The molecule has 0 bridgehead atoms. The van der Waals surface area contributed by atoms with E-state index in [1.165, 1.54) is 0 Å². The number of carbonyl (C=O) groups is 1. The van der Waals surface area contributed by atoms with Crippen molar-refractivity contribution >= 4 is 5.91 Å². The van der Waals surface area contributed by atoms with Gasteiger partial charge in [0.1, 0.15) is 0 Å². The number of fused-ring (bicyclic) bond motifs is 1. The first-order valence-electron chi connectivity index (χ1n) is 5.39. The fraction of sp³-hybridized carbons (Fsp3) is 0.636. The fourth-order valence-corrected chi connectivity index (χ4v) is 1.80. The number of rotatable bonds is 2. The molecule has 0 atom stereocenters. The van der Waals surface area contributed by atoms with E-state index in [0.29, 0.717) is 18.3 Å². The molecule has 0 spiro atoms. The molecule has 2 rings (SSSR count). The number of carbonyl (C=O) groups excluding carboxylic acids is 1. The molecule has 2 heterocycles. The molecule has 1 aromatic heterocycles. The van der Waals surface area contributed by atoms with Gasteiger partial charge in [-0.05, 0) is 27.7 Å². The molecule has 4 nitrogen and oxygen atoms in total. The highest BCUT2D eigenvalue weighted by Crippen LogP contribution is 2.24. The Morgan fingerprint density at radius 2 is 1.93 bits per heavy atom. The minimum absolute atomic E-state index is 0.0689. The molecular weight excluding hydrogens is 190 g/mol. The second-order valence-electron chi connectivity index (χ2n) is 4.60. The fourth-order valence-electron chi connectivity index (χ4n) is 1.80. The average molecular weight is 207 g/mol. The van der Waals surface area contributed by atoms with E-state index in [0.717, 1.165) is 5.56 Å². The third-order valence-corrected chi connectivity index (χ3v) is 2.76. The summed E-state index contributed by atoms with van der Waals surface area (Å²) in [7, 11) is 0. The number of hydrogen-bond acceptors (Lipinski definition) is 2. The van der Waals surface area contributed by atoms with Gasteiger partial charge in [0, 0.05) is 23.8 Å². The van der Waals surface area contributed by atoms with Crippen molar-refractivity contribution in [2.45, 2.75) is 46.3 Å². The van der Waals surface area contributed by atoms with Crippen LogP contribution in [0.25, 0.3) is 0 Å². The second-order valence-corrected chi connectivity index (χ2v) is 4.60. The summed E-state index contributed by atoms with van der Waals surface area (Å²) in [6, 6.07) is 0.565. The van der Waals surface area contributed by atoms with Crippen molar-refractivity contribution in [3.63, 3.8) is 0 Å². The molecule has 4 heteroatoms. The summed E-state index contributed by atoms with van der Waals surface area (Å²) in [5.74, 6) is 0.0689. The van der Waals surface area contributed by atoms with Gasteiger partial charge in [0.05, 0.1) is 6.54 Å². The first-order valence-corrected chi connectivity index (χ1v) is 5.39. The monoisotopic (exact) mass is 207 g/mol. The first kappa shape index (κ1) is 10.2. The zero-order chi connectivity index (χ0) is 11.2. The number of nitrogens with zero attached hydrogens (tertiary/aromatic N) is 3. The topological polar surface area (TPSA) is 38.1 Å². The van der Waals surface area contributed by atoms with E-state index in [1.807, 2.05) is 29.6 Å². The highest BCUT2D eigenvalue weighted by Gasteiger charge is 2.32. The molecule has 0 N–H and O–H groups in total. The van der Waals surface area contributed by atoms with Crippen LogP contribution in [0.2, 0.25) is 0 Å². The summed E-state index contributed by atoms with van der Waals surface area (Å²) >= 11 is 0. The summed E-state index contributed by atoms with van der Waals surface area (Å²) < 4.78 is 1.86. The van der Waals surface area contributed by atoms with Gasteiger partial charge in [0.2, 0.25) is 0 Å². The number of aromatic nitrogens is 2. The quantitative estimate of drug-likeness (QED) is 0.742. The van der Waals surface area contributed by atoms with Gasteiger partial charge in [-0.1, -0.05) is 0 Å². The van der Waals surface area contributed by atoms with Crippen LogP contribution in [0.5, 0.6) is 0 Å². The third-order valence-electron chi connectivity index (χ3n) is 2.76. The van der Waals surface area contributed by atoms with Gasteiger partial charge < -0.3 is 4.90 Å². The van der Waals surface area contributed by atoms with E-state index in [9.17, 15) is 4.79 Å². The molecule has 1 aromatic rings. The van der Waals surface area contributed by atoms with Crippen molar-refractivity contribution in [3.8, 4) is 0 Å². The number of hydrogen-bond donors (Lipinski definition) is 0. The Kier molecular flexibility index (Phi) is 2.29. The van der Waals surface area contributed by atoms with E-state index in [-0.39, 0.29) is 11.9 Å². The Bertz CT molecular complexity index is 393. The summed E-state index contributed by atoms with van der Waals surface area (Å²) in [5.41, 5.74) is 1.69. The Morgan fingerprint density at radius 1 is 1.27 bits per heavy atom. The van der Waals surface area contributed by atoms with Gasteiger partial charge in [0.25, 0.3) is 5.91 Å². The average Bonchev–Trinajstić information content (AvgIpc) is 2.65. The van der Waals surface area contributed by atoms with Crippen LogP contribution in [0.4, 0.5) is 0 Å². The normalized spacial score (nSPS) is 15.6. The standard InChI is InChI=1S/C11H17N3O/c1-7(2)13-5-9-6-14(8(3)4)12-10(9)11(13)15/h6-8H,5H2,1-4H3. The van der Waals surface area contributed by atoms with Crippen molar-refractivity contribution in [2.24, 2.45) is 0 Å². The van der Waals surface area contributed by atoms with E-state index in [4.69, 9.17) is 0 Å². The van der Waals surface area contributed by atoms with E-state index >= 15 is 0 Å². The minimum Gasteiger partial charge on any atom is -0.330 e. The zero-order valence-corrected chi connectivity index (χ0v) is 9.69. The van der Waals surface area contributed by atoms with Gasteiger partial charge >= 0.3 is 0 Å². The van der Waals surface area contributed by atoms with E-state index in [2.05, 4.69) is 18.9 Å². The summed E-state index contributed by atoms with van der Waals surface area (Å²) in [6.07, 6.45) is 1.99. The molecule has 0 fully saturated rings. The Morgan fingerprint density at radius 3 is 2.40 bits per heavy atom. The molecule has 1 amide bonds. The first-order chi connectivity index (χ1) is 7.00. The van der Waals surface area contributed by atoms with Gasteiger partial charge in [-0.15, -0.1) is 0 Å². The molecule has 0 unspecified atom stereocenters. The molecular formula is C11H17N3O. The molecule has 1 aliphatic rings. The Balaban J connectivity index is 2.30. The maximum Gasteiger partial charge on any atom is 0.275 e. The van der Waals surface area contributed by atoms with Gasteiger partial charge in [-0.2, -0.15) is 5.10 Å². The molecule has 0 saturated carbocycles. The Hall–Kier alpha value is -1.32. The van der Waals surface area contributed by atoms with Gasteiger partial charge in [-0.3, -0.25) is 9.48 Å². The van der Waals surface area contributed by atoms with Crippen LogP contribution >= 0.6 is 0 Å². The smallest absolute Gasteiger partial charge is 0.275 e. The summed E-state index contributed by atoms with van der Waals surface area (Å²) in [6.45, 7) is 8.89. The van der Waals surface area contributed by atoms with Gasteiger partial charge in [0.15, 0.2) is 5.69 Å². The van der Waals surface area contributed by atoms with Crippen molar-refractivity contribution in [1.82, 2.24) is 14.7 Å². The van der Waals surface area contributed by atoms with Crippen LogP contribution < -0.4 is 0 Å². The molecule has 82 valence electrons. The summed E-state index contributed by atoms with van der Waals surface area (Å²) in [5, 5.41) is 4.33. The molecule has 0 aliphatic carbocycles. The molecule has 1 aliphatic heterocycles. The highest BCUT2D eigenvalue weighted by molar-refractivity contribution is 5.96. The van der Waals surface area contributed by atoms with Crippen LogP contribution in [0.15, 0.2) is 6.20 Å². The van der Waals surface area contributed by atoms with E-state index in [1.54, 1.807) is 0 Å². The van der Waals surface area contributed by atoms with Crippen LogP contribution in [-0.4, -0.2) is 26.6 Å². The predicted molar refractivity (Wildman–Crippen MR) is 57.6 cm³/mol. The highest BCUT2D eigenvalue weighted by atomic mass is 16.2. The van der Waals surface area contributed by atoms with Crippen molar-refractivity contribution in [2.75, 3.05) is 0 Å². The molecule has 15 heavy (non-hydrogen) atoms. The van der Waals surface area contributed by atoms with Crippen LogP contribution in [0.1, 0.15) is 49.8 Å². The second kappa shape index (κ2) is 3.36. The molecule has 0 saturated heterocycles.